The molecule has 0 bridgehead atoms. The Morgan fingerprint density at radius 1 is 1.25 bits per heavy atom. The maximum absolute atomic E-state index is 4.49. The van der Waals surface area contributed by atoms with Crippen molar-refractivity contribution in [2.45, 2.75) is 0 Å². The highest BCUT2D eigenvalue weighted by Gasteiger charge is 2.14. The maximum atomic E-state index is 4.49. The fraction of sp³-hybridized carbons (Fsp3) is 0.417. The Hall–Kier alpha value is -1.55. The number of piperazine rings is 1. The average Bonchev–Trinajstić information content (AvgIpc) is 2.73. The lowest BCUT2D eigenvalue weighted by molar-refractivity contribution is 0.590. The Balaban J connectivity index is 2.08. The molecule has 0 unspecified atom stereocenters. The maximum Gasteiger partial charge on any atom is 0.112 e. The van der Waals surface area contributed by atoms with Crippen LogP contribution in [0.25, 0.3) is 11.0 Å². The number of fused-ring (bicyclic) bond motifs is 1. The molecule has 3 rings (SSSR count). The van der Waals surface area contributed by atoms with E-state index in [1.165, 1.54) is 11.2 Å². The van der Waals surface area contributed by atoms with Crippen molar-refractivity contribution in [3.8, 4) is 0 Å². The van der Waals surface area contributed by atoms with Crippen molar-refractivity contribution >= 4 is 16.7 Å². The third-order valence-corrected chi connectivity index (χ3v) is 3.19. The van der Waals surface area contributed by atoms with Crippen LogP contribution in [-0.4, -0.2) is 35.7 Å². The number of nitrogens with zero attached hydrogens (tertiary/aromatic N) is 3. The van der Waals surface area contributed by atoms with E-state index in [1.54, 1.807) is 0 Å². The lowest BCUT2D eigenvalue weighted by Crippen LogP contribution is -2.43. The van der Waals surface area contributed by atoms with Crippen molar-refractivity contribution in [3.05, 3.63) is 24.5 Å². The van der Waals surface area contributed by atoms with Gasteiger partial charge in [-0.3, -0.25) is 0 Å². The lowest BCUT2D eigenvalue weighted by Gasteiger charge is -2.29. The molecule has 1 aromatic heterocycles. The Morgan fingerprint density at radius 3 is 2.88 bits per heavy atom. The van der Waals surface area contributed by atoms with E-state index in [0.29, 0.717) is 0 Å². The molecule has 1 N–H and O–H groups in total. The Labute approximate surface area is 94.9 Å². The molecule has 1 aromatic carbocycles. The van der Waals surface area contributed by atoms with Gasteiger partial charge in [-0.25, -0.2) is 4.98 Å². The molecule has 4 nitrogen and oxygen atoms in total. The van der Waals surface area contributed by atoms with E-state index in [-0.39, 0.29) is 0 Å². The first-order valence-electron chi connectivity index (χ1n) is 5.72. The van der Waals surface area contributed by atoms with Gasteiger partial charge in [-0.2, -0.15) is 0 Å². The second kappa shape index (κ2) is 3.79. The van der Waals surface area contributed by atoms with Crippen molar-refractivity contribution in [3.63, 3.8) is 0 Å². The number of aromatic nitrogens is 2. The van der Waals surface area contributed by atoms with Gasteiger partial charge in [0.05, 0.1) is 17.5 Å². The first-order chi connectivity index (χ1) is 7.86. The highest BCUT2D eigenvalue weighted by atomic mass is 15.2. The largest absolute Gasteiger partial charge is 0.367 e. The predicted octanol–water partition coefficient (Wildman–Crippen LogP) is 0.983. The molecule has 0 atom stereocenters. The molecule has 0 radical (unpaired) electrons. The molecule has 84 valence electrons. The van der Waals surface area contributed by atoms with E-state index in [4.69, 9.17) is 0 Å². The number of nitrogens with one attached hydrogen (secondary N) is 1. The summed E-state index contributed by atoms with van der Waals surface area (Å²) in [5.74, 6) is 0. The third-order valence-electron chi connectivity index (χ3n) is 3.19. The first kappa shape index (κ1) is 9.66. The summed E-state index contributed by atoms with van der Waals surface area (Å²) >= 11 is 0. The first-order valence-corrected chi connectivity index (χ1v) is 5.72. The Bertz CT molecular complexity index is 497. The van der Waals surface area contributed by atoms with Gasteiger partial charge >= 0.3 is 0 Å². The zero-order valence-corrected chi connectivity index (χ0v) is 9.48. The van der Waals surface area contributed by atoms with Crippen LogP contribution in [0.4, 0.5) is 5.69 Å². The number of rotatable bonds is 1. The van der Waals surface area contributed by atoms with E-state index in [2.05, 4.69) is 38.0 Å². The van der Waals surface area contributed by atoms with E-state index in [0.717, 1.165) is 31.7 Å². The summed E-state index contributed by atoms with van der Waals surface area (Å²) in [6.45, 7) is 4.25. The van der Waals surface area contributed by atoms with Crippen LogP contribution in [0.2, 0.25) is 0 Å². The number of hydrogen-bond acceptors (Lipinski definition) is 3. The zero-order valence-electron chi connectivity index (χ0n) is 9.48. The molecular weight excluding hydrogens is 200 g/mol. The average molecular weight is 216 g/mol. The van der Waals surface area contributed by atoms with Gasteiger partial charge < -0.3 is 14.8 Å². The molecular formula is C12H16N4. The van der Waals surface area contributed by atoms with E-state index < -0.39 is 0 Å². The van der Waals surface area contributed by atoms with Crippen LogP contribution in [0.5, 0.6) is 0 Å². The van der Waals surface area contributed by atoms with Gasteiger partial charge in [0.15, 0.2) is 0 Å². The van der Waals surface area contributed by atoms with Crippen molar-refractivity contribution in [2.24, 2.45) is 7.05 Å². The van der Waals surface area contributed by atoms with Crippen LogP contribution in [0, 0.1) is 0 Å². The van der Waals surface area contributed by atoms with Gasteiger partial charge in [-0.05, 0) is 12.1 Å². The van der Waals surface area contributed by atoms with Crippen molar-refractivity contribution in [1.29, 1.82) is 0 Å². The molecule has 0 amide bonds. The van der Waals surface area contributed by atoms with E-state index >= 15 is 0 Å². The fourth-order valence-electron chi connectivity index (χ4n) is 2.30. The summed E-state index contributed by atoms with van der Waals surface area (Å²) in [6, 6.07) is 6.40. The smallest absolute Gasteiger partial charge is 0.112 e. The zero-order chi connectivity index (χ0) is 11.0. The molecule has 0 aliphatic carbocycles. The molecule has 0 spiro atoms. The number of imidazole rings is 1. The molecule has 1 saturated heterocycles. The van der Waals surface area contributed by atoms with Crippen molar-refractivity contribution in [1.82, 2.24) is 14.9 Å². The summed E-state index contributed by atoms with van der Waals surface area (Å²) in [6.07, 6.45) is 1.89. The van der Waals surface area contributed by atoms with Crippen LogP contribution >= 0.6 is 0 Å². The standard InChI is InChI=1S/C12H16N4/c1-15-9-14-12-10(15)3-2-4-11(12)16-7-5-13-6-8-16/h2-4,9,13H,5-8H2,1H3. The SMILES string of the molecule is Cn1cnc2c(N3CCNCC3)cccc21. The van der Waals surface area contributed by atoms with Gasteiger partial charge in [-0.1, -0.05) is 6.07 Å². The summed E-state index contributed by atoms with van der Waals surface area (Å²) in [5.41, 5.74) is 3.59. The van der Waals surface area contributed by atoms with Gasteiger partial charge in [0.2, 0.25) is 0 Å². The topological polar surface area (TPSA) is 33.1 Å². The summed E-state index contributed by atoms with van der Waals surface area (Å²) in [4.78, 5) is 6.90. The van der Waals surface area contributed by atoms with Crippen LogP contribution in [0.3, 0.4) is 0 Å². The molecule has 4 heteroatoms. The molecule has 0 saturated carbocycles. The van der Waals surface area contributed by atoms with Crippen LogP contribution < -0.4 is 10.2 Å². The number of aryl methyl sites for hydroxylation is 1. The van der Waals surface area contributed by atoms with Crippen LogP contribution in [0.1, 0.15) is 0 Å². The van der Waals surface area contributed by atoms with Gasteiger partial charge in [0.25, 0.3) is 0 Å². The minimum absolute atomic E-state index is 1.06. The van der Waals surface area contributed by atoms with Crippen LogP contribution in [-0.2, 0) is 7.05 Å². The van der Waals surface area contributed by atoms with Gasteiger partial charge in [-0.15, -0.1) is 0 Å². The van der Waals surface area contributed by atoms with Crippen molar-refractivity contribution < 1.29 is 0 Å². The number of hydrogen-bond donors (Lipinski definition) is 1. The Kier molecular flexibility index (Phi) is 2.29. The summed E-state index contributed by atoms with van der Waals surface area (Å²) in [5, 5.41) is 3.37. The molecule has 1 aliphatic heterocycles. The van der Waals surface area contributed by atoms with Crippen molar-refractivity contribution in [2.75, 3.05) is 31.1 Å². The second-order valence-electron chi connectivity index (χ2n) is 4.24. The molecule has 16 heavy (non-hydrogen) atoms. The molecule has 2 aromatic rings. The number of anilines is 1. The minimum atomic E-state index is 1.06. The monoisotopic (exact) mass is 216 g/mol. The van der Waals surface area contributed by atoms with Gasteiger partial charge in [0, 0.05) is 33.2 Å². The van der Waals surface area contributed by atoms with E-state index in [9.17, 15) is 0 Å². The third kappa shape index (κ3) is 1.46. The number of para-hydroxylation sites is 1. The van der Waals surface area contributed by atoms with Crippen LogP contribution in [0.15, 0.2) is 24.5 Å². The summed E-state index contributed by atoms with van der Waals surface area (Å²) < 4.78 is 2.07. The highest BCUT2D eigenvalue weighted by molar-refractivity contribution is 5.89. The predicted molar refractivity (Wildman–Crippen MR) is 65.8 cm³/mol. The summed E-state index contributed by atoms with van der Waals surface area (Å²) in [7, 11) is 2.04. The normalized spacial score (nSPS) is 16.9. The van der Waals surface area contributed by atoms with E-state index in [1.807, 2.05) is 13.4 Å². The molecule has 2 heterocycles. The minimum Gasteiger partial charge on any atom is -0.367 e. The van der Waals surface area contributed by atoms with Gasteiger partial charge in [0.1, 0.15) is 5.52 Å². The highest BCUT2D eigenvalue weighted by Crippen LogP contribution is 2.25. The molecule has 1 fully saturated rings. The Morgan fingerprint density at radius 2 is 2.06 bits per heavy atom. The number of benzene rings is 1. The molecule has 1 aliphatic rings. The quantitative estimate of drug-likeness (QED) is 0.771. The second-order valence-corrected chi connectivity index (χ2v) is 4.24. The lowest BCUT2D eigenvalue weighted by atomic mass is 10.2. The fourth-order valence-corrected chi connectivity index (χ4v) is 2.30.